The third kappa shape index (κ3) is 2.41. The summed E-state index contributed by atoms with van der Waals surface area (Å²) < 4.78 is 8.85. The van der Waals surface area contributed by atoms with Crippen LogP contribution in [0.1, 0.15) is 12.6 Å². The summed E-state index contributed by atoms with van der Waals surface area (Å²) in [6.07, 6.45) is 3.70. The summed E-state index contributed by atoms with van der Waals surface area (Å²) >= 11 is 0. The van der Waals surface area contributed by atoms with Crippen molar-refractivity contribution in [3.05, 3.63) is 24.2 Å². The van der Waals surface area contributed by atoms with Crippen LogP contribution in [-0.4, -0.2) is 26.7 Å². The fraction of sp³-hybridized carbons (Fsp3) is 0.455. The van der Waals surface area contributed by atoms with E-state index in [0.717, 1.165) is 17.9 Å². The summed E-state index contributed by atoms with van der Waals surface area (Å²) in [6, 6.07) is 2.00. The molecule has 2 aromatic heterocycles. The summed E-state index contributed by atoms with van der Waals surface area (Å²) in [5.74, 6) is 0.607. The number of aryl methyl sites for hydroxylation is 2. The minimum Gasteiger partial charge on any atom is -0.478 e. The van der Waals surface area contributed by atoms with E-state index < -0.39 is 0 Å². The summed E-state index contributed by atoms with van der Waals surface area (Å²) in [5.41, 5.74) is 2.03. The van der Waals surface area contributed by atoms with Gasteiger partial charge in [-0.2, -0.15) is 5.10 Å². The molecule has 0 aromatic carbocycles. The Kier molecular flexibility index (Phi) is 3.32. The van der Waals surface area contributed by atoms with Gasteiger partial charge in [-0.1, -0.05) is 0 Å². The van der Waals surface area contributed by atoms with E-state index in [1.807, 2.05) is 24.0 Å². The molecule has 0 spiro atoms. The number of nitrogens with zero attached hydrogens (tertiary/aromatic N) is 4. The van der Waals surface area contributed by atoms with Gasteiger partial charge in [-0.15, -0.1) is 5.10 Å². The van der Waals surface area contributed by atoms with Gasteiger partial charge < -0.3 is 10.1 Å². The first kappa shape index (κ1) is 11.5. The maximum absolute atomic E-state index is 5.18. The highest BCUT2D eigenvalue weighted by atomic mass is 16.5. The molecular weight excluding hydrogens is 218 g/mol. The Morgan fingerprint density at radius 1 is 1.47 bits per heavy atom. The lowest BCUT2D eigenvalue weighted by molar-refractivity contribution is 0.393. The number of anilines is 1. The molecule has 0 saturated heterocycles. The monoisotopic (exact) mass is 235 g/mol. The summed E-state index contributed by atoms with van der Waals surface area (Å²) in [6.45, 7) is 3.64. The van der Waals surface area contributed by atoms with Crippen molar-refractivity contribution in [1.82, 2.24) is 19.6 Å². The van der Waals surface area contributed by atoms with Crippen molar-refractivity contribution in [1.29, 1.82) is 0 Å². The SMILES string of the molecule is CCn1nccc1CNc1cn(C)nc1OC. The van der Waals surface area contributed by atoms with E-state index in [4.69, 9.17) is 4.74 Å². The average Bonchev–Trinajstić information content (AvgIpc) is 2.91. The molecule has 2 aromatic rings. The smallest absolute Gasteiger partial charge is 0.256 e. The van der Waals surface area contributed by atoms with Crippen molar-refractivity contribution >= 4 is 5.69 Å². The number of aromatic nitrogens is 4. The van der Waals surface area contributed by atoms with Gasteiger partial charge in [0.2, 0.25) is 0 Å². The second-order valence-corrected chi connectivity index (χ2v) is 3.72. The molecule has 0 radical (unpaired) electrons. The van der Waals surface area contributed by atoms with E-state index >= 15 is 0 Å². The van der Waals surface area contributed by atoms with Gasteiger partial charge in [-0.25, -0.2) is 0 Å². The van der Waals surface area contributed by atoms with Gasteiger partial charge in [0.15, 0.2) is 0 Å². The predicted molar refractivity (Wildman–Crippen MR) is 65.0 cm³/mol. The highest BCUT2D eigenvalue weighted by molar-refractivity contribution is 5.51. The van der Waals surface area contributed by atoms with E-state index in [0.29, 0.717) is 12.4 Å². The van der Waals surface area contributed by atoms with Gasteiger partial charge in [0.25, 0.3) is 5.88 Å². The van der Waals surface area contributed by atoms with Crippen molar-refractivity contribution < 1.29 is 4.74 Å². The quantitative estimate of drug-likeness (QED) is 0.847. The summed E-state index contributed by atoms with van der Waals surface area (Å²) in [7, 11) is 3.48. The number of ether oxygens (including phenoxy) is 1. The third-order valence-electron chi connectivity index (χ3n) is 2.55. The molecule has 0 bridgehead atoms. The largest absolute Gasteiger partial charge is 0.478 e. The summed E-state index contributed by atoms with van der Waals surface area (Å²) in [4.78, 5) is 0. The Morgan fingerprint density at radius 3 is 3.00 bits per heavy atom. The molecule has 17 heavy (non-hydrogen) atoms. The number of hydrogen-bond donors (Lipinski definition) is 1. The first-order valence-electron chi connectivity index (χ1n) is 5.56. The number of rotatable bonds is 5. The van der Waals surface area contributed by atoms with Crippen LogP contribution >= 0.6 is 0 Å². The fourth-order valence-electron chi connectivity index (χ4n) is 1.72. The normalized spacial score (nSPS) is 10.5. The first-order valence-corrected chi connectivity index (χ1v) is 5.56. The van der Waals surface area contributed by atoms with E-state index in [2.05, 4.69) is 22.4 Å². The second kappa shape index (κ2) is 4.90. The number of hydrogen-bond acceptors (Lipinski definition) is 4. The topological polar surface area (TPSA) is 56.9 Å². The molecule has 0 aliphatic carbocycles. The lowest BCUT2D eigenvalue weighted by Crippen LogP contribution is -2.07. The maximum Gasteiger partial charge on any atom is 0.256 e. The van der Waals surface area contributed by atoms with Crippen molar-refractivity contribution in [3.63, 3.8) is 0 Å². The van der Waals surface area contributed by atoms with Crippen molar-refractivity contribution in [2.24, 2.45) is 7.05 Å². The Morgan fingerprint density at radius 2 is 2.29 bits per heavy atom. The Labute approximate surface area is 100 Å². The molecule has 1 N–H and O–H groups in total. The molecule has 92 valence electrons. The second-order valence-electron chi connectivity index (χ2n) is 3.72. The molecule has 2 rings (SSSR count). The summed E-state index contributed by atoms with van der Waals surface area (Å²) in [5, 5.41) is 11.7. The van der Waals surface area contributed by atoms with Gasteiger partial charge in [0, 0.05) is 19.8 Å². The van der Waals surface area contributed by atoms with E-state index in [1.54, 1.807) is 18.0 Å². The molecule has 0 amide bonds. The Hall–Kier alpha value is -1.98. The van der Waals surface area contributed by atoms with E-state index in [9.17, 15) is 0 Å². The first-order chi connectivity index (χ1) is 8.24. The van der Waals surface area contributed by atoms with Crippen LogP contribution in [0.15, 0.2) is 18.5 Å². The number of nitrogens with one attached hydrogen (secondary N) is 1. The minimum absolute atomic E-state index is 0.607. The van der Waals surface area contributed by atoms with Crippen molar-refractivity contribution in [2.75, 3.05) is 12.4 Å². The Balaban J connectivity index is 2.06. The predicted octanol–water partition coefficient (Wildman–Crippen LogP) is 1.26. The molecule has 0 aliphatic heterocycles. The lowest BCUT2D eigenvalue weighted by atomic mass is 10.4. The highest BCUT2D eigenvalue weighted by Gasteiger charge is 2.08. The fourth-order valence-corrected chi connectivity index (χ4v) is 1.72. The molecule has 0 saturated carbocycles. The molecule has 6 heteroatoms. The van der Waals surface area contributed by atoms with Gasteiger partial charge in [-0.3, -0.25) is 9.36 Å². The van der Waals surface area contributed by atoms with E-state index in [-0.39, 0.29) is 0 Å². The molecule has 0 fully saturated rings. The van der Waals surface area contributed by atoms with Crippen LogP contribution in [0.2, 0.25) is 0 Å². The van der Waals surface area contributed by atoms with Crippen LogP contribution in [0.4, 0.5) is 5.69 Å². The van der Waals surface area contributed by atoms with Crippen LogP contribution in [0.5, 0.6) is 5.88 Å². The molecular formula is C11H17N5O. The van der Waals surface area contributed by atoms with Gasteiger partial charge in [0.05, 0.1) is 25.5 Å². The van der Waals surface area contributed by atoms with Crippen molar-refractivity contribution in [3.8, 4) is 5.88 Å². The third-order valence-corrected chi connectivity index (χ3v) is 2.55. The number of methoxy groups -OCH3 is 1. The zero-order valence-corrected chi connectivity index (χ0v) is 10.3. The zero-order valence-electron chi connectivity index (χ0n) is 10.3. The van der Waals surface area contributed by atoms with Gasteiger partial charge in [-0.05, 0) is 13.0 Å². The van der Waals surface area contributed by atoms with Crippen LogP contribution in [0.25, 0.3) is 0 Å². The standard InChI is InChI=1S/C11H17N5O/c1-4-16-9(5-6-13-16)7-12-10-8-15(2)14-11(10)17-3/h5-6,8,12H,4,7H2,1-3H3. The lowest BCUT2D eigenvalue weighted by Gasteiger charge is -2.07. The van der Waals surface area contributed by atoms with E-state index in [1.165, 1.54) is 0 Å². The minimum atomic E-state index is 0.607. The molecule has 0 unspecified atom stereocenters. The van der Waals surface area contributed by atoms with Crippen molar-refractivity contribution in [2.45, 2.75) is 20.0 Å². The van der Waals surface area contributed by atoms with Gasteiger partial charge in [0.1, 0.15) is 5.69 Å². The molecule has 2 heterocycles. The van der Waals surface area contributed by atoms with Crippen LogP contribution < -0.4 is 10.1 Å². The highest BCUT2D eigenvalue weighted by Crippen LogP contribution is 2.21. The van der Waals surface area contributed by atoms with Crippen LogP contribution in [0.3, 0.4) is 0 Å². The van der Waals surface area contributed by atoms with Crippen LogP contribution in [-0.2, 0) is 20.1 Å². The molecule has 0 atom stereocenters. The Bertz CT molecular complexity index is 488. The molecule has 0 aliphatic rings. The van der Waals surface area contributed by atoms with Crippen LogP contribution in [0, 0.1) is 0 Å². The molecule has 6 nitrogen and oxygen atoms in total. The van der Waals surface area contributed by atoms with Gasteiger partial charge >= 0.3 is 0 Å². The maximum atomic E-state index is 5.18. The zero-order chi connectivity index (χ0) is 12.3. The average molecular weight is 235 g/mol.